The van der Waals surface area contributed by atoms with Gasteiger partial charge in [-0.1, -0.05) is 0 Å². The fraction of sp³-hybridized carbons (Fsp3) is 1.00. The smallest absolute Gasteiger partial charge is 2.00 e. The van der Waals surface area contributed by atoms with Crippen LogP contribution in [0.3, 0.4) is 0 Å². The van der Waals surface area contributed by atoms with E-state index in [0.717, 1.165) is 0 Å². The first kappa shape index (κ1) is 8.00. The maximum Gasteiger partial charge on any atom is -2.00 e. The first-order chi connectivity index (χ1) is 3.00. The van der Waals surface area contributed by atoms with Crippen molar-refractivity contribution < 1.29 is 35.4 Å². The molecule has 0 aliphatic carbocycles. The van der Waals surface area contributed by atoms with E-state index in [4.69, 9.17) is 0 Å². The quantitative estimate of drug-likeness (QED) is 0.512. The predicted octanol–water partition coefficient (Wildman–Crippen LogP) is 1.72. The Morgan fingerprint density at radius 3 is 0.857 bits per heavy atom. The molecule has 46 valence electrons. The van der Waals surface area contributed by atoms with Gasteiger partial charge in [0.05, 0.1) is 0 Å². The van der Waals surface area contributed by atoms with Gasteiger partial charge in [0.1, 0.15) is 0 Å². The summed E-state index contributed by atoms with van der Waals surface area (Å²) in [6, 6.07) is 0. The summed E-state index contributed by atoms with van der Waals surface area (Å²) in [6.45, 7) is 0. The van der Waals surface area contributed by atoms with Crippen molar-refractivity contribution in [3.63, 3.8) is 0 Å². The van der Waals surface area contributed by atoms with Crippen molar-refractivity contribution in [3.05, 3.63) is 0 Å². The summed E-state index contributed by atoms with van der Waals surface area (Å²) in [7, 11) is 0. The van der Waals surface area contributed by atoms with Crippen molar-refractivity contribution in [2.45, 2.75) is 21.3 Å². The maximum absolute atomic E-state index is 1.50. The van der Waals surface area contributed by atoms with Crippen LogP contribution in [0.4, 0.5) is 0 Å². The van der Waals surface area contributed by atoms with Crippen LogP contribution in [0.2, 0.25) is 21.3 Å². The molecule has 0 bridgehead atoms. The zero-order valence-corrected chi connectivity index (χ0v) is 6.15. The van der Waals surface area contributed by atoms with Crippen molar-refractivity contribution in [2.24, 2.45) is 0 Å². The molecule has 0 atom stereocenters. The third kappa shape index (κ3) is 19.4. The molecule has 1 nitrogen and oxygen atoms in total. The van der Waals surface area contributed by atoms with Gasteiger partial charge in [0.25, 0.3) is 0 Å². The molecule has 2 heterocycles. The molecule has 0 aromatic heterocycles. The van der Waals surface area contributed by atoms with Gasteiger partial charge in [-0.25, -0.2) is 0 Å². The van der Waals surface area contributed by atoms with Gasteiger partial charge in [0.2, 0.25) is 0 Å². The van der Waals surface area contributed by atoms with Gasteiger partial charge >= 0.3 is 51.2 Å². The molecular formula is C4H8Fe2O. The van der Waals surface area contributed by atoms with Gasteiger partial charge in [0, 0.05) is 0 Å². The molecule has 0 aromatic carbocycles. The molecule has 2 saturated heterocycles. The minimum Gasteiger partial charge on any atom is -2.00 e. The van der Waals surface area contributed by atoms with Crippen LogP contribution >= 0.6 is 0 Å². The van der Waals surface area contributed by atoms with E-state index in [1.165, 1.54) is 51.2 Å². The molecule has 2 aliphatic heterocycles. The average Bonchev–Trinajstić information content (AvgIpc) is 2.31. The average molecular weight is 184 g/mol. The second-order valence-electron chi connectivity index (χ2n) is 1.06. The van der Waals surface area contributed by atoms with Crippen molar-refractivity contribution in [1.82, 2.24) is 0 Å². The first-order valence-electron chi connectivity index (χ1n) is 2.00. The fourth-order valence-corrected chi connectivity index (χ4v) is 0. The van der Waals surface area contributed by atoms with E-state index in [0.29, 0.717) is 0 Å². The number of hydrogen-bond donors (Lipinski definition) is 0. The first-order valence-corrected chi connectivity index (χ1v) is 5.12. The van der Waals surface area contributed by atoms with E-state index in [2.05, 4.69) is 0 Å². The summed E-state index contributed by atoms with van der Waals surface area (Å²) in [5.74, 6) is 0. The van der Waals surface area contributed by atoms with Crippen LogP contribution in [0, 0.1) is 0 Å². The Morgan fingerprint density at radius 1 is 0.714 bits per heavy atom. The van der Waals surface area contributed by atoms with E-state index in [1.54, 1.807) is 0 Å². The summed E-state index contributed by atoms with van der Waals surface area (Å²) in [4.78, 5) is 0. The van der Waals surface area contributed by atoms with Crippen LogP contribution in [0.1, 0.15) is 0 Å². The molecule has 0 saturated carbocycles. The van der Waals surface area contributed by atoms with Crippen LogP contribution < -0.4 is 0 Å². The van der Waals surface area contributed by atoms with Crippen molar-refractivity contribution in [3.8, 4) is 0 Å². The molecule has 2 fully saturated rings. The molecule has 0 amide bonds. The normalized spacial score (nSPS) is 20.6. The van der Waals surface area contributed by atoms with Gasteiger partial charge in [-0.3, -0.25) is 0 Å². The van der Waals surface area contributed by atoms with Gasteiger partial charge in [-0.05, 0) is 0 Å². The SMILES string of the molecule is [CH2]1[CH2][Fe+]1.[CH2]1[CH2][Fe+]1.[O-2]. The Hall–Kier alpha value is 0.999. The van der Waals surface area contributed by atoms with Gasteiger partial charge in [-0.2, -0.15) is 0 Å². The van der Waals surface area contributed by atoms with E-state index in [-0.39, 0.29) is 5.48 Å². The second-order valence-corrected chi connectivity index (χ2v) is 4.37. The fourth-order valence-electron chi connectivity index (χ4n) is 0. The Balaban J connectivity index is 0.0000000900. The van der Waals surface area contributed by atoms with Crippen molar-refractivity contribution in [2.75, 3.05) is 0 Å². The Bertz CT molecular complexity index is 25.2. The Kier molecular flexibility index (Phi) is 5.88. The third-order valence-electron chi connectivity index (χ3n) is 0.354. The summed E-state index contributed by atoms with van der Waals surface area (Å²) in [5.41, 5.74) is 0. The molecular weight excluding hydrogens is 176 g/mol. The largest absolute Gasteiger partial charge is 2.00 e. The maximum atomic E-state index is 1.50. The van der Waals surface area contributed by atoms with Gasteiger partial charge < -0.3 is 5.48 Å². The molecule has 0 aromatic rings. The van der Waals surface area contributed by atoms with E-state index in [9.17, 15) is 0 Å². The van der Waals surface area contributed by atoms with Crippen molar-refractivity contribution >= 4 is 0 Å². The molecule has 0 unspecified atom stereocenters. The second kappa shape index (κ2) is 5.14. The number of rotatable bonds is 0. The van der Waals surface area contributed by atoms with E-state index < -0.39 is 0 Å². The molecule has 7 heavy (non-hydrogen) atoms. The molecule has 0 spiro atoms. The summed E-state index contributed by atoms with van der Waals surface area (Å²) >= 11 is 3.00. The molecule has 0 N–H and O–H groups in total. The summed E-state index contributed by atoms with van der Waals surface area (Å²) in [5, 5.41) is 6.00. The van der Waals surface area contributed by atoms with Gasteiger partial charge in [-0.15, -0.1) is 0 Å². The van der Waals surface area contributed by atoms with Crippen LogP contribution in [0.5, 0.6) is 0 Å². The summed E-state index contributed by atoms with van der Waals surface area (Å²) in [6.07, 6.45) is 0. The Morgan fingerprint density at radius 2 is 0.857 bits per heavy atom. The number of hydrogen-bond acceptors (Lipinski definition) is 0. The van der Waals surface area contributed by atoms with Crippen LogP contribution in [0.15, 0.2) is 0 Å². The van der Waals surface area contributed by atoms with Crippen molar-refractivity contribution in [1.29, 1.82) is 0 Å². The molecule has 0 radical (unpaired) electrons. The summed E-state index contributed by atoms with van der Waals surface area (Å²) < 4.78 is 0. The molecule has 2 aliphatic rings. The standard InChI is InChI=1S/2C2H4.2Fe.O/c2*1-2;;;/h2*1-2H2;;;/q;;2*+1;-2. The molecule has 3 heteroatoms. The van der Waals surface area contributed by atoms with E-state index >= 15 is 0 Å². The topological polar surface area (TPSA) is 28.5 Å². The predicted molar refractivity (Wildman–Crippen MR) is 19.9 cm³/mol. The van der Waals surface area contributed by atoms with E-state index in [1.807, 2.05) is 0 Å². The minimum atomic E-state index is 0. The third-order valence-corrected chi connectivity index (χ3v) is 1.46. The zero-order valence-electron chi connectivity index (χ0n) is 3.94. The zero-order chi connectivity index (χ0) is 4.24. The van der Waals surface area contributed by atoms with Crippen LogP contribution in [-0.4, -0.2) is 0 Å². The monoisotopic (exact) mass is 184 g/mol. The van der Waals surface area contributed by atoms with Gasteiger partial charge in [0.15, 0.2) is 0 Å². The molecule has 2 rings (SSSR count). The minimum absolute atomic E-state index is 0. The Labute approximate surface area is 56.9 Å². The van der Waals surface area contributed by atoms with Crippen LogP contribution in [-0.2, 0) is 35.4 Å². The van der Waals surface area contributed by atoms with Crippen LogP contribution in [0.25, 0.3) is 0 Å².